The molecule has 5 heteroatoms. The van der Waals surface area contributed by atoms with Crippen molar-refractivity contribution in [2.75, 3.05) is 6.54 Å². The quantitative estimate of drug-likeness (QED) is 0.906. The predicted molar refractivity (Wildman–Crippen MR) is 80.5 cm³/mol. The molecule has 0 aromatic heterocycles. The van der Waals surface area contributed by atoms with Crippen LogP contribution in [0.15, 0.2) is 33.6 Å². The van der Waals surface area contributed by atoms with Crippen LogP contribution in [0.2, 0.25) is 0 Å². The molecule has 3 nitrogen and oxygen atoms in total. The van der Waals surface area contributed by atoms with E-state index >= 15 is 0 Å². The second-order valence-corrected chi connectivity index (χ2v) is 8.13. The number of rotatable bonds is 4. The van der Waals surface area contributed by atoms with Crippen LogP contribution in [-0.2, 0) is 10.0 Å². The van der Waals surface area contributed by atoms with Crippen LogP contribution >= 0.6 is 15.9 Å². The second-order valence-electron chi connectivity index (χ2n) is 5.45. The van der Waals surface area contributed by atoms with Crippen molar-refractivity contribution in [3.63, 3.8) is 0 Å². The molecule has 0 aliphatic heterocycles. The van der Waals surface area contributed by atoms with Gasteiger partial charge in [-0.2, -0.15) is 0 Å². The van der Waals surface area contributed by atoms with Gasteiger partial charge in [-0.1, -0.05) is 41.8 Å². The third kappa shape index (κ3) is 4.29. The Labute approximate surface area is 124 Å². The van der Waals surface area contributed by atoms with E-state index in [1.807, 2.05) is 6.07 Å². The SMILES string of the molecule is CC1CCCC(CNS(=O)(=O)c2cccc(Br)c2)C1. The van der Waals surface area contributed by atoms with Gasteiger partial charge in [0.25, 0.3) is 0 Å². The van der Waals surface area contributed by atoms with Crippen molar-refractivity contribution in [3.8, 4) is 0 Å². The van der Waals surface area contributed by atoms with E-state index in [0.29, 0.717) is 23.3 Å². The summed E-state index contributed by atoms with van der Waals surface area (Å²) >= 11 is 3.30. The summed E-state index contributed by atoms with van der Waals surface area (Å²) < 4.78 is 27.9. The molecular weight excluding hydrogens is 326 g/mol. The Hall–Kier alpha value is -0.390. The molecule has 0 heterocycles. The van der Waals surface area contributed by atoms with Crippen molar-refractivity contribution in [1.29, 1.82) is 0 Å². The molecule has 1 aromatic carbocycles. The van der Waals surface area contributed by atoms with E-state index < -0.39 is 10.0 Å². The zero-order valence-corrected chi connectivity index (χ0v) is 13.5. The summed E-state index contributed by atoms with van der Waals surface area (Å²) in [6.45, 7) is 2.80. The molecule has 0 spiro atoms. The smallest absolute Gasteiger partial charge is 0.211 e. The third-order valence-electron chi connectivity index (χ3n) is 3.71. The van der Waals surface area contributed by atoms with Gasteiger partial charge >= 0.3 is 0 Å². The summed E-state index contributed by atoms with van der Waals surface area (Å²) in [5, 5.41) is 0. The van der Waals surface area contributed by atoms with Crippen molar-refractivity contribution in [3.05, 3.63) is 28.7 Å². The summed E-state index contributed by atoms with van der Waals surface area (Å²) in [5.41, 5.74) is 0. The Bertz CT molecular complexity index is 530. The highest BCUT2D eigenvalue weighted by Gasteiger charge is 2.21. The van der Waals surface area contributed by atoms with E-state index in [1.54, 1.807) is 18.2 Å². The molecule has 2 atom stereocenters. The van der Waals surface area contributed by atoms with Crippen LogP contribution in [0.4, 0.5) is 0 Å². The van der Waals surface area contributed by atoms with E-state index in [4.69, 9.17) is 0 Å². The van der Waals surface area contributed by atoms with Crippen LogP contribution in [0.1, 0.15) is 32.6 Å². The fourth-order valence-corrected chi connectivity index (χ4v) is 4.40. The van der Waals surface area contributed by atoms with Crippen LogP contribution in [0, 0.1) is 11.8 Å². The van der Waals surface area contributed by atoms with Gasteiger partial charge in [-0.15, -0.1) is 0 Å². The summed E-state index contributed by atoms with van der Waals surface area (Å²) in [4.78, 5) is 0.325. The Morgan fingerprint density at radius 2 is 2.16 bits per heavy atom. The molecule has 0 saturated heterocycles. The van der Waals surface area contributed by atoms with E-state index in [2.05, 4.69) is 27.6 Å². The first kappa shape index (κ1) is 15.0. The molecule has 1 saturated carbocycles. The lowest BCUT2D eigenvalue weighted by Gasteiger charge is -2.26. The zero-order chi connectivity index (χ0) is 13.9. The highest BCUT2D eigenvalue weighted by Crippen LogP contribution is 2.28. The number of nitrogens with one attached hydrogen (secondary N) is 1. The minimum atomic E-state index is -3.38. The number of hydrogen-bond donors (Lipinski definition) is 1. The molecule has 2 rings (SSSR count). The minimum Gasteiger partial charge on any atom is -0.211 e. The zero-order valence-electron chi connectivity index (χ0n) is 11.1. The molecule has 1 aromatic rings. The van der Waals surface area contributed by atoms with E-state index in [-0.39, 0.29) is 0 Å². The highest BCUT2D eigenvalue weighted by molar-refractivity contribution is 9.10. The second kappa shape index (κ2) is 6.37. The fraction of sp³-hybridized carbons (Fsp3) is 0.571. The number of halogens is 1. The molecule has 1 aliphatic rings. The average Bonchev–Trinajstić information content (AvgIpc) is 2.37. The standard InChI is InChI=1S/C14H20BrNO2S/c1-11-4-2-5-12(8-11)10-16-19(17,18)14-7-3-6-13(15)9-14/h3,6-7,9,11-12,16H,2,4-5,8,10H2,1H3. The van der Waals surface area contributed by atoms with Crippen molar-refractivity contribution in [1.82, 2.24) is 4.72 Å². The minimum absolute atomic E-state index is 0.325. The fourth-order valence-electron chi connectivity index (χ4n) is 2.69. The first-order chi connectivity index (χ1) is 8.97. The van der Waals surface area contributed by atoms with Crippen LogP contribution in [0.5, 0.6) is 0 Å². The maximum Gasteiger partial charge on any atom is 0.240 e. The van der Waals surface area contributed by atoms with Gasteiger partial charge in [0.15, 0.2) is 0 Å². The number of sulfonamides is 1. The van der Waals surface area contributed by atoms with Crippen LogP contribution in [0.3, 0.4) is 0 Å². The Morgan fingerprint density at radius 1 is 1.37 bits per heavy atom. The lowest BCUT2D eigenvalue weighted by Crippen LogP contribution is -2.31. The van der Waals surface area contributed by atoms with Gasteiger partial charge in [0.1, 0.15) is 0 Å². The normalized spacial score (nSPS) is 24.3. The first-order valence-corrected chi connectivity index (χ1v) is 9.00. The average molecular weight is 346 g/mol. The largest absolute Gasteiger partial charge is 0.240 e. The van der Waals surface area contributed by atoms with Gasteiger partial charge in [0.2, 0.25) is 10.0 Å². The van der Waals surface area contributed by atoms with Crippen LogP contribution in [0.25, 0.3) is 0 Å². The molecule has 2 unspecified atom stereocenters. The van der Waals surface area contributed by atoms with E-state index in [1.165, 1.54) is 12.8 Å². The maximum atomic E-state index is 12.2. The van der Waals surface area contributed by atoms with E-state index in [0.717, 1.165) is 17.3 Å². The van der Waals surface area contributed by atoms with Gasteiger partial charge in [-0.25, -0.2) is 13.1 Å². The van der Waals surface area contributed by atoms with Gasteiger partial charge < -0.3 is 0 Å². The van der Waals surface area contributed by atoms with Crippen molar-refractivity contribution in [2.45, 2.75) is 37.5 Å². The lowest BCUT2D eigenvalue weighted by atomic mass is 9.83. The van der Waals surface area contributed by atoms with Crippen molar-refractivity contribution in [2.24, 2.45) is 11.8 Å². The lowest BCUT2D eigenvalue weighted by molar-refractivity contribution is 0.283. The molecule has 1 aliphatic carbocycles. The van der Waals surface area contributed by atoms with Gasteiger partial charge in [0, 0.05) is 11.0 Å². The number of hydrogen-bond acceptors (Lipinski definition) is 2. The predicted octanol–water partition coefficient (Wildman–Crippen LogP) is 3.55. The first-order valence-electron chi connectivity index (χ1n) is 6.72. The molecular formula is C14H20BrNO2S. The third-order valence-corrected chi connectivity index (χ3v) is 5.63. The van der Waals surface area contributed by atoms with E-state index in [9.17, 15) is 8.42 Å². The highest BCUT2D eigenvalue weighted by atomic mass is 79.9. The molecule has 0 bridgehead atoms. The van der Waals surface area contributed by atoms with Crippen LogP contribution in [-0.4, -0.2) is 15.0 Å². The summed E-state index contributed by atoms with van der Waals surface area (Å²) in [5.74, 6) is 1.19. The molecule has 0 radical (unpaired) electrons. The Morgan fingerprint density at radius 3 is 2.84 bits per heavy atom. The van der Waals surface area contributed by atoms with Crippen molar-refractivity contribution < 1.29 is 8.42 Å². The van der Waals surface area contributed by atoms with Gasteiger partial charge in [0.05, 0.1) is 4.90 Å². The van der Waals surface area contributed by atoms with Gasteiger partial charge in [-0.05, 0) is 42.9 Å². The topological polar surface area (TPSA) is 46.2 Å². The number of benzene rings is 1. The Kier molecular flexibility index (Phi) is 5.03. The van der Waals surface area contributed by atoms with Crippen LogP contribution < -0.4 is 4.72 Å². The molecule has 106 valence electrons. The molecule has 1 fully saturated rings. The maximum absolute atomic E-state index is 12.2. The monoisotopic (exact) mass is 345 g/mol. The molecule has 0 amide bonds. The summed E-state index contributed by atoms with van der Waals surface area (Å²) in [6.07, 6.45) is 4.74. The molecule has 1 N–H and O–H groups in total. The van der Waals surface area contributed by atoms with Crippen molar-refractivity contribution >= 4 is 26.0 Å². The summed E-state index contributed by atoms with van der Waals surface area (Å²) in [6, 6.07) is 6.81. The Balaban J connectivity index is 1.98. The summed E-state index contributed by atoms with van der Waals surface area (Å²) in [7, 11) is -3.38. The van der Waals surface area contributed by atoms with Gasteiger partial charge in [-0.3, -0.25) is 0 Å². The molecule has 19 heavy (non-hydrogen) atoms.